The van der Waals surface area contributed by atoms with Gasteiger partial charge in [-0.25, -0.2) is 13.1 Å². The molecular weight excluding hydrogens is 260 g/mol. The van der Waals surface area contributed by atoms with Crippen molar-refractivity contribution in [1.29, 1.82) is 0 Å². The summed E-state index contributed by atoms with van der Waals surface area (Å²) in [5.41, 5.74) is 1.61. The van der Waals surface area contributed by atoms with E-state index >= 15 is 0 Å². The van der Waals surface area contributed by atoms with Crippen LogP contribution in [0.2, 0.25) is 0 Å². The average molecular weight is 276 g/mol. The monoisotopic (exact) mass is 276 g/mol. The summed E-state index contributed by atoms with van der Waals surface area (Å²) in [5.74, 6) is 0. The number of aromatic nitrogens is 1. The normalized spacial score (nSPS) is 13.2. The van der Waals surface area contributed by atoms with Gasteiger partial charge in [0.2, 0.25) is 10.0 Å². The molecule has 1 heterocycles. The Bertz CT molecular complexity index is 654. The highest BCUT2D eigenvalue weighted by molar-refractivity contribution is 7.89. The molecule has 0 saturated heterocycles. The standard InChI is InChI=1S/C14H16N2O2S/c1-11-5-3-4-6-14(11)19(17,18)16-12(2)13-7-9-15-10-8-13/h3-10,12,16H,1-2H3/t12-/m1/s1. The number of nitrogens with one attached hydrogen (secondary N) is 1. The van der Waals surface area contributed by atoms with Crippen molar-refractivity contribution in [3.8, 4) is 0 Å². The van der Waals surface area contributed by atoms with Crippen molar-refractivity contribution < 1.29 is 8.42 Å². The van der Waals surface area contributed by atoms with E-state index in [4.69, 9.17) is 0 Å². The van der Waals surface area contributed by atoms with Crippen LogP contribution >= 0.6 is 0 Å². The third kappa shape index (κ3) is 3.19. The van der Waals surface area contributed by atoms with E-state index in [1.165, 1.54) is 0 Å². The van der Waals surface area contributed by atoms with E-state index in [0.717, 1.165) is 11.1 Å². The molecule has 0 radical (unpaired) electrons. The minimum Gasteiger partial charge on any atom is -0.265 e. The molecule has 1 atom stereocenters. The van der Waals surface area contributed by atoms with Crippen LogP contribution in [0.3, 0.4) is 0 Å². The Kier molecular flexibility index (Phi) is 3.97. The number of pyridine rings is 1. The fourth-order valence-electron chi connectivity index (χ4n) is 1.87. The summed E-state index contributed by atoms with van der Waals surface area (Å²) in [7, 11) is -3.51. The highest BCUT2D eigenvalue weighted by atomic mass is 32.2. The Morgan fingerprint density at radius 1 is 1.11 bits per heavy atom. The Labute approximate surface area is 113 Å². The predicted molar refractivity (Wildman–Crippen MR) is 74.2 cm³/mol. The van der Waals surface area contributed by atoms with E-state index < -0.39 is 10.0 Å². The first kappa shape index (κ1) is 13.7. The molecule has 1 aromatic carbocycles. The lowest BCUT2D eigenvalue weighted by Gasteiger charge is -2.15. The van der Waals surface area contributed by atoms with Crippen molar-refractivity contribution in [2.45, 2.75) is 24.8 Å². The van der Waals surface area contributed by atoms with Gasteiger partial charge in [0.25, 0.3) is 0 Å². The number of sulfonamides is 1. The molecule has 0 amide bonds. The Balaban J connectivity index is 2.26. The van der Waals surface area contributed by atoms with Gasteiger partial charge in [-0.1, -0.05) is 18.2 Å². The summed E-state index contributed by atoms with van der Waals surface area (Å²) < 4.78 is 27.3. The Morgan fingerprint density at radius 2 is 1.74 bits per heavy atom. The number of nitrogens with zero attached hydrogens (tertiary/aromatic N) is 1. The highest BCUT2D eigenvalue weighted by Gasteiger charge is 2.19. The van der Waals surface area contributed by atoms with Crippen LogP contribution in [0.4, 0.5) is 0 Å². The lowest BCUT2D eigenvalue weighted by molar-refractivity contribution is 0.566. The van der Waals surface area contributed by atoms with Crippen LogP contribution in [0.5, 0.6) is 0 Å². The summed E-state index contributed by atoms with van der Waals surface area (Å²) in [5, 5.41) is 0. The maximum absolute atomic E-state index is 12.3. The van der Waals surface area contributed by atoms with Crippen LogP contribution in [0, 0.1) is 6.92 Å². The fourth-order valence-corrected chi connectivity index (χ4v) is 3.35. The summed E-state index contributed by atoms with van der Waals surface area (Å²) >= 11 is 0. The molecule has 1 N–H and O–H groups in total. The predicted octanol–water partition coefficient (Wildman–Crippen LogP) is 2.43. The number of rotatable bonds is 4. The number of benzene rings is 1. The van der Waals surface area contributed by atoms with Gasteiger partial charge in [0.05, 0.1) is 4.90 Å². The van der Waals surface area contributed by atoms with Crippen molar-refractivity contribution in [2.24, 2.45) is 0 Å². The van der Waals surface area contributed by atoms with Crippen molar-refractivity contribution >= 4 is 10.0 Å². The molecule has 0 aliphatic heterocycles. The largest absolute Gasteiger partial charge is 0.265 e. The second kappa shape index (κ2) is 5.50. The zero-order valence-corrected chi connectivity index (χ0v) is 11.7. The number of hydrogen-bond donors (Lipinski definition) is 1. The molecule has 0 bridgehead atoms. The number of hydrogen-bond acceptors (Lipinski definition) is 3. The first-order valence-electron chi connectivity index (χ1n) is 5.98. The van der Waals surface area contributed by atoms with E-state index in [9.17, 15) is 8.42 Å². The molecule has 1 aromatic heterocycles. The fraction of sp³-hybridized carbons (Fsp3) is 0.214. The zero-order chi connectivity index (χ0) is 13.9. The third-order valence-corrected chi connectivity index (χ3v) is 4.62. The van der Waals surface area contributed by atoms with E-state index in [-0.39, 0.29) is 6.04 Å². The topological polar surface area (TPSA) is 59.1 Å². The van der Waals surface area contributed by atoms with Gasteiger partial charge in [-0.15, -0.1) is 0 Å². The second-order valence-electron chi connectivity index (χ2n) is 4.39. The minimum atomic E-state index is -3.51. The molecule has 0 aliphatic rings. The van der Waals surface area contributed by atoms with E-state index in [0.29, 0.717) is 4.90 Å². The van der Waals surface area contributed by atoms with Gasteiger partial charge in [0.1, 0.15) is 0 Å². The minimum absolute atomic E-state index is 0.299. The first-order valence-corrected chi connectivity index (χ1v) is 7.47. The van der Waals surface area contributed by atoms with Gasteiger partial charge in [-0.05, 0) is 43.2 Å². The summed E-state index contributed by atoms with van der Waals surface area (Å²) in [6, 6.07) is 10.2. The molecule has 4 nitrogen and oxygen atoms in total. The SMILES string of the molecule is Cc1ccccc1S(=O)(=O)N[C@H](C)c1ccncc1. The third-order valence-electron chi connectivity index (χ3n) is 2.92. The van der Waals surface area contributed by atoms with Gasteiger partial charge in [0.15, 0.2) is 0 Å². The molecule has 0 saturated carbocycles. The smallest absolute Gasteiger partial charge is 0.241 e. The van der Waals surface area contributed by atoms with E-state index in [2.05, 4.69) is 9.71 Å². The van der Waals surface area contributed by atoms with Crippen LogP contribution in [-0.4, -0.2) is 13.4 Å². The second-order valence-corrected chi connectivity index (χ2v) is 6.07. The van der Waals surface area contributed by atoms with Gasteiger partial charge < -0.3 is 0 Å². The molecule has 2 aromatic rings. The lowest BCUT2D eigenvalue weighted by atomic mass is 10.1. The van der Waals surface area contributed by atoms with E-state index in [1.807, 2.05) is 13.0 Å². The van der Waals surface area contributed by atoms with Crippen LogP contribution in [0.1, 0.15) is 24.1 Å². The molecule has 2 rings (SSSR count). The van der Waals surface area contributed by atoms with Crippen molar-refractivity contribution in [3.05, 3.63) is 59.9 Å². The zero-order valence-electron chi connectivity index (χ0n) is 10.9. The molecule has 0 unspecified atom stereocenters. The maximum Gasteiger partial charge on any atom is 0.241 e. The van der Waals surface area contributed by atoms with Crippen molar-refractivity contribution in [1.82, 2.24) is 9.71 Å². The Morgan fingerprint density at radius 3 is 2.37 bits per heavy atom. The molecule has 0 aliphatic carbocycles. The van der Waals surface area contributed by atoms with Crippen LogP contribution in [0.25, 0.3) is 0 Å². The van der Waals surface area contributed by atoms with Gasteiger partial charge >= 0.3 is 0 Å². The van der Waals surface area contributed by atoms with E-state index in [1.54, 1.807) is 49.6 Å². The molecule has 100 valence electrons. The molecule has 5 heteroatoms. The molecular formula is C14H16N2O2S. The van der Waals surface area contributed by atoms with Crippen LogP contribution in [0.15, 0.2) is 53.7 Å². The Hall–Kier alpha value is -1.72. The average Bonchev–Trinajstić information content (AvgIpc) is 2.39. The summed E-state index contributed by atoms with van der Waals surface area (Å²) in [6.45, 7) is 3.59. The quantitative estimate of drug-likeness (QED) is 0.933. The highest BCUT2D eigenvalue weighted by Crippen LogP contribution is 2.18. The van der Waals surface area contributed by atoms with Crippen molar-refractivity contribution in [3.63, 3.8) is 0 Å². The lowest BCUT2D eigenvalue weighted by Crippen LogP contribution is -2.27. The molecule has 0 spiro atoms. The summed E-state index contributed by atoms with van der Waals surface area (Å²) in [6.07, 6.45) is 3.29. The maximum atomic E-state index is 12.3. The number of aryl methyl sites for hydroxylation is 1. The molecule has 0 fully saturated rings. The van der Waals surface area contributed by atoms with Crippen LogP contribution in [-0.2, 0) is 10.0 Å². The molecule has 19 heavy (non-hydrogen) atoms. The van der Waals surface area contributed by atoms with Gasteiger partial charge in [-0.3, -0.25) is 4.98 Å². The van der Waals surface area contributed by atoms with Crippen molar-refractivity contribution in [2.75, 3.05) is 0 Å². The summed E-state index contributed by atoms with van der Waals surface area (Å²) in [4.78, 5) is 4.23. The van der Waals surface area contributed by atoms with Crippen LogP contribution < -0.4 is 4.72 Å². The first-order chi connectivity index (χ1) is 9.00. The van der Waals surface area contributed by atoms with Gasteiger partial charge in [0, 0.05) is 18.4 Å². The van der Waals surface area contributed by atoms with Gasteiger partial charge in [-0.2, -0.15) is 0 Å².